The summed E-state index contributed by atoms with van der Waals surface area (Å²) in [5, 5.41) is 0. The lowest BCUT2D eigenvalue weighted by Gasteiger charge is -2.24. The van der Waals surface area contributed by atoms with Crippen LogP contribution in [0, 0.1) is 6.92 Å². The minimum Gasteiger partial charge on any atom is -0.370 e. The third-order valence-corrected chi connectivity index (χ3v) is 4.49. The monoisotopic (exact) mass is 325 g/mol. The number of aryl methyl sites for hydroxylation is 1. The first-order chi connectivity index (χ1) is 11.6. The second kappa shape index (κ2) is 7.34. The number of benzene rings is 1. The van der Waals surface area contributed by atoms with E-state index >= 15 is 0 Å². The number of hydrogen-bond donors (Lipinski definition) is 0. The Kier molecular flexibility index (Phi) is 4.99. The highest BCUT2D eigenvalue weighted by Crippen LogP contribution is 2.15. The molecule has 1 fully saturated rings. The molecule has 2 aromatic rings. The van der Waals surface area contributed by atoms with Crippen LogP contribution in [0.3, 0.4) is 0 Å². The molecule has 2 heterocycles. The summed E-state index contributed by atoms with van der Waals surface area (Å²) in [6, 6.07) is 13.9. The molecule has 0 atom stereocenters. The van der Waals surface area contributed by atoms with E-state index in [0.29, 0.717) is 12.1 Å². The van der Waals surface area contributed by atoms with Gasteiger partial charge in [-0.15, -0.1) is 0 Å². The molecular weight excluding hydrogens is 302 g/mol. The van der Waals surface area contributed by atoms with Crippen molar-refractivity contribution in [3.8, 4) is 0 Å². The molecule has 5 nitrogen and oxygen atoms in total. The van der Waals surface area contributed by atoms with Crippen molar-refractivity contribution in [3.05, 3.63) is 64.6 Å². The third-order valence-electron chi connectivity index (χ3n) is 4.49. The number of aromatic nitrogens is 1. The molecule has 24 heavy (non-hydrogen) atoms. The van der Waals surface area contributed by atoms with Gasteiger partial charge in [0.2, 0.25) is 5.91 Å². The maximum atomic E-state index is 12.6. The summed E-state index contributed by atoms with van der Waals surface area (Å²) in [6.45, 7) is 5.08. The first-order valence-electron chi connectivity index (χ1n) is 8.39. The summed E-state index contributed by atoms with van der Waals surface area (Å²) in [4.78, 5) is 28.8. The summed E-state index contributed by atoms with van der Waals surface area (Å²) in [5.41, 5.74) is 1.77. The van der Waals surface area contributed by atoms with Crippen LogP contribution < -0.4 is 10.5 Å². The summed E-state index contributed by atoms with van der Waals surface area (Å²) >= 11 is 0. The van der Waals surface area contributed by atoms with Crippen molar-refractivity contribution >= 4 is 11.6 Å². The number of hydrogen-bond acceptors (Lipinski definition) is 3. The molecule has 0 bridgehead atoms. The van der Waals surface area contributed by atoms with Crippen molar-refractivity contribution in [2.24, 2.45) is 0 Å². The first kappa shape index (κ1) is 16.3. The van der Waals surface area contributed by atoms with Crippen LogP contribution in [0.25, 0.3) is 0 Å². The van der Waals surface area contributed by atoms with Crippen LogP contribution in [0.5, 0.6) is 0 Å². The molecule has 1 aliphatic heterocycles. The minimum absolute atomic E-state index is 0.0117. The van der Waals surface area contributed by atoms with E-state index in [1.807, 2.05) is 29.2 Å². The van der Waals surface area contributed by atoms with Gasteiger partial charge in [-0.25, -0.2) is 0 Å². The predicted molar refractivity (Wildman–Crippen MR) is 95.3 cm³/mol. The Morgan fingerprint density at radius 3 is 2.58 bits per heavy atom. The number of carbonyl (C=O) groups is 1. The Morgan fingerprint density at radius 1 is 1.00 bits per heavy atom. The average molecular weight is 325 g/mol. The van der Waals surface area contributed by atoms with E-state index in [9.17, 15) is 9.59 Å². The van der Waals surface area contributed by atoms with Crippen molar-refractivity contribution in [1.82, 2.24) is 9.47 Å². The molecule has 0 radical (unpaired) electrons. The van der Waals surface area contributed by atoms with Gasteiger partial charge < -0.3 is 14.4 Å². The molecule has 1 aromatic carbocycles. The van der Waals surface area contributed by atoms with Crippen LogP contribution in [-0.4, -0.2) is 41.6 Å². The van der Waals surface area contributed by atoms with E-state index in [-0.39, 0.29) is 18.0 Å². The second-order valence-corrected chi connectivity index (χ2v) is 6.18. The lowest BCUT2D eigenvalue weighted by Crippen LogP contribution is -2.39. The maximum Gasteiger partial charge on any atom is 0.253 e. The number of anilines is 1. The van der Waals surface area contributed by atoms with Crippen molar-refractivity contribution in [2.75, 3.05) is 31.1 Å². The molecular formula is C19H23N3O2. The van der Waals surface area contributed by atoms with Crippen LogP contribution in [-0.2, 0) is 11.3 Å². The summed E-state index contributed by atoms with van der Waals surface area (Å²) in [6.07, 6.45) is 2.62. The fourth-order valence-electron chi connectivity index (χ4n) is 3.09. The van der Waals surface area contributed by atoms with Crippen LogP contribution in [0.1, 0.15) is 12.0 Å². The lowest BCUT2D eigenvalue weighted by molar-refractivity contribution is -0.131. The van der Waals surface area contributed by atoms with Gasteiger partial charge in [-0.1, -0.05) is 24.3 Å². The molecule has 0 unspecified atom stereocenters. The van der Waals surface area contributed by atoms with E-state index in [2.05, 4.69) is 17.0 Å². The number of para-hydroxylation sites is 1. The quantitative estimate of drug-likeness (QED) is 0.866. The van der Waals surface area contributed by atoms with Gasteiger partial charge in [0, 0.05) is 43.6 Å². The first-order valence-corrected chi connectivity index (χ1v) is 8.39. The Bertz CT molecular complexity index is 755. The Hall–Kier alpha value is -2.56. The highest BCUT2D eigenvalue weighted by Gasteiger charge is 2.19. The number of pyridine rings is 1. The number of rotatable bonds is 3. The van der Waals surface area contributed by atoms with Gasteiger partial charge in [-0.2, -0.15) is 0 Å². The Balaban J connectivity index is 1.64. The van der Waals surface area contributed by atoms with Crippen molar-refractivity contribution in [3.63, 3.8) is 0 Å². The predicted octanol–water partition coefficient (Wildman–Crippen LogP) is 1.90. The largest absolute Gasteiger partial charge is 0.370 e. The smallest absolute Gasteiger partial charge is 0.253 e. The lowest BCUT2D eigenvalue weighted by atomic mass is 10.3. The summed E-state index contributed by atoms with van der Waals surface area (Å²) in [7, 11) is 0. The van der Waals surface area contributed by atoms with Gasteiger partial charge in [0.05, 0.1) is 0 Å². The SMILES string of the molecule is Cc1cccn(CC(=O)N2CCCN(c3ccccc3)CC2)c1=O. The fraction of sp³-hybridized carbons (Fsp3) is 0.368. The fourth-order valence-corrected chi connectivity index (χ4v) is 3.09. The molecule has 3 rings (SSSR count). The Morgan fingerprint density at radius 2 is 1.79 bits per heavy atom. The van der Waals surface area contributed by atoms with Crippen LogP contribution in [0.15, 0.2) is 53.5 Å². The molecule has 1 aliphatic rings. The highest BCUT2D eigenvalue weighted by atomic mass is 16.2. The standard InChI is InChI=1S/C19H23N3O2/c1-16-7-5-10-22(19(16)24)15-18(23)21-12-6-11-20(13-14-21)17-8-3-2-4-9-17/h2-5,7-10H,6,11-15H2,1H3. The molecule has 0 saturated carbocycles. The van der Waals surface area contributed by atoms with E-state index in [0.717, 1.165) is 26.1 Å². The third kappa shape index (κ3) is 3.67. The molecule has 126 valence electrons. The zero-order valence-corrected chi connectivity index (χ0v) is 14.0. The number of amides is 1. The van der Waals surface area contributed by atoms with Gasteiger partial charge >= 0.3 is 0 Å². The number of carbonyl (C=O) groups excluding carboxylic acids is 1. The number of nitrogens with zero attached hydrogens (tertiary/aromatic N) is 3. The van der Waals surface area contributed by atoms with Gasteiger partial charge in [0.1, 0.15) is 6.54 Å². The minimum atomic E-state index is -0.0911. The zero-order valence-electron chi connectivity index (χ0n) is 14.0. The van der Waals surface area contributed by atoms with Gasteiger partial charge in [-0.05, 0) is 31.5 Å². The van der Waals surface area contributed by atoms with Crippen molar-refractivity contribution in [2.45, 2.75) is 19.9 Å². The normalized spacial score (nSPS) is 15.2. The molecule has 5 heteroatoms. The maximum absolute atomic E-state index is 12.6. The summed E-state index contributed by atoms with van der Waals surface area (Å²) in [5.74, 6) is 0.0117. The summed E-state index contributed by atoms with van der Waals surface area (Å²) < 4.78 is 1.50. The molecule has 0 aliphatic carbocycles. The molecule has 1 saturated heterocycles. The topological polar surface area (TPSA) is 45.6 Å². The van der Waals surface area contributed by atoms with Gasteiger partial charge in [0.15, 0.2) is 0 Å². The molecule has 0 N–H and O–H groups in total. The zero-order chi connectivity index (χ0) is 16.9. The van der Waals surface area contributed by atoms with E-state index in [4.69, 9.17) is 0 Å². The van der Waals surface area contributed by atoms with Crippen LogP contribution in [0.4, 0.5) is 5.69 Å². The molecule has 1 aromatic heterocycles. The average Bonchev–Trinajstić information content (AvgIpc) is 2.86. The van der Waals surface area contributed by atoms with Gasteiger partial charge in [0.25, 0.3) is 5.56 Å². The second-order valence-electron chi connectivity index (χ2n) is 6.18. The molecule has 1 amide bonds. The van der Waals surface area contributed by atoms with E-state index in [1.165, 1.54) is 10.3 Å². The Labute approximate surface area is 142 Å². The van der Waals surface area contributed by atoms with E-state index < -0.39 is 0 Å². The van der Waals surface area contributed by atoms with Crippen molar-refractivity contribution < 1.29 is 4.79 Å². The highest BCUT2D eigenvalue weighted by molar-refractivity contribution is 5.76. The van der Waals surface area contributed by atoms with Crippen LogP contribution >= 0.6 is 0 Å². The van der Waals surface area contributed by atoms with Crippen molar-refractivity contribution in [1.29, 1.82) is 0 Å². The van der Waals surface area contributed by atoms with E-state index in [1.54, 1.807) is 19.2 Å². The molecule has 0 spiro atoms. The van der Waals surface area contributed by atoms with Crippen LogP contribution in [0.2, 0.25) is 0 Å². The van der Waals surface area contributed by atoms with Gasteiger partial charge in [-0.3, -0.25) is 9.59 Å².